The average Bonchev–Trinajstić information content (AvgIpc) is 2.74. The zero-order valence-electron chi connectivity index (χ0n) is 9.42. The Kier molecular flexibility index (Phi) is 4.23. The van der Waals surface area contributed by atoms with Gasteiger partial charge < -0.3 is 14.8 Å². The summed E-state index contributed by atoms with van der Waals surface area (Å²) in [5.41, 5.74) is -3.20. The number of hydrogen-bond donors (Lipinski definition) is 1. The third-order valence-corrected chi connectivity index (χ3v) is 3.05. The van der Waals surface area contributed by atoms with Crippen molar-refractivity contribution >= 4 is 11.8 Å². The van der Waals surface area contributed by atoms with Crippen LogP contribution in [0.15, 0.2) is 18.2 Å². The predicted molar refractivity (Wildman–Crippen MR) is 62.8 cm³/mol. The molecule has 3 nitrogen and oxygen atoms in total. The van der Waals surface area contributed by atoms with Gasteiger partial charge in [-0.25, -0.2) is 0 Å². The van der Waals surface area contributed by atoms with Crippen molar-refractivity contribution < 1.29 is 22.6 Å². The van der Waals surface area contributed by atoms with Gasteiger partial charge in [0.15, 0.2) is 11.5 Å². The molecule has 1 aromatic carbocycles. The van der Waals surface area contributed by atoms with Crippen LogP contribution in [0.4, 0.5) is 13.2 Å². The highest BCUT2D eigenvalue weighted by Gasteiger charge is 2.27. The van der Waals surface area contributed by atoms with Crippen LogP contribution in [0.5, 0.6) is 11.5 Å². The van der Waals surface area contributed by atoms with Crippen molar-refractivity contribution in [3.63, 3.8) is 0 Å². The molecule has 1 aliphatic rings. The topological polar surface area (TPSA) is 30.5 Å². The van der Waals surface area contributed by atoms with Crippen LogP contribution >= 0.6 is 11.8 Å². The Bertz CT molecular complexity index is 412. The number of hydrogen-bond acceptors (Lipinski definition) is 4. The number of nitrogens with one attached hydrogen (secondary N) is 1. The standard InChI is InChI=1S/C11H12F3NO2S/c12-11(13,14)18-4-3-15-6-8-1-2-9-10(5-8)17-7-16-9/h1-2,5,15H,3-4,6-7H2. The van der Waals surface area contributed by atoms with Crippen molar-refractivity contribution in [1.82, 2.24) is 5.32 Å². The van der Waals surface area contributed by atoms with Crippen LogP contribution in [0.25, 0.3) is 0 Å². The normalized spacial score (nSPS) is 13.9. The Balaban J connectivity index is 1.71. The Labute approximate surface area is 107 Å². The van der Waals surface area contributed by atoms with Gasteiger partial charge in [-0.3, -0.25) is 0 Å². The van der Waals surface area contributed by atoms with E-state index in [0.717, 1.165) is 5.56 Å². The minimum atomic E-state index is -4.15. The van der Waals surface area contributed by atoms with Gasteiger partial charge in [-0.1, -0.05) is 6.07 Å². The summed E-state index contributed by atoms with van der Waals surface area (Å²) in [6.07, 6.45) is 0. The van der Waals surface area contributed by atoms with Gasteiger partial charge in [0.2, 0.25) is 6.79 Å². The molecule has 1 aliphatic heterocycles. The van der Waals surface area contributed by atoms with Crippen LogP contribution < -0.4 is 14.8 Å². The summed E-state index contributed by atoms with van der Waals surface area (Å²) in [7, 11) is 0. The summed E-state index contributed by atoms with van der Waals surface area (Å²) in [5, 5.41) is 2.95. The molecular weight excluding hydrogens is 267 g/mol. The smallest absolute Gasteiger partial charge is 0.441 e. The first-order valence-electron chi connectivity index (χ1n) is 5.34. The maximum Gasteiger partial charge on any atom is 0.441 e. The van der Waals surface area contributed by atoms with E-state index in [0.29, 0.717) is 24.6 Å². The number of alkyl halides is 3. The largest absolute Gasteiger partial charge is 0.454 e. The highest BCUT2D eigenvalue weighted by molar-refractivity contribution is 8.00. The van der Waals surface area contributed by atoms with Gasteiger partial charge in [0.25, 0.3) is 0 Å². The van der Waals surface area contributed by atoms with E-state index in [2.05, 4.69) is 5.32 Å². The molecular formula is C11H12F3NO2S. The molecule has 0 fully saturated rings. The lowest BCUT2D eigenvalue weighted by Gasteiger charge is -2.07. The molecule has 0 aliphatic carbocycles. The zero-order valence-corrected chi connectivity index (χ0v) is 10.2. The molecule has 0 unspecified atom stereocenters. The highest BCUT2D eigenvalue weighted by Crippen LogP contribution is 2.32. The van der Waals surface area contributed by atoms with E-state index >= 15 is 0 Å². The van der Waals surface area contributed by atoms with Gasteiger partial charge >= 0.3 is 5.51 Å². The van der Waals surface area contributed by atoms with Crippen LogP contribution in [-0.4, -0.2) is 24.6 Å². The van der Waals surface area contributed by atoms with Crippen LogP contribution in [-0.2, 0) is 6.54 Å². The van der Waals surface area contributed by atoms with E-state index in [1.807, 2.05) is 12.1 Å². The Morgan fingerprint density at radius 1 is 1.22 bits per heavy atom. The fraction of sp³-hybridized carbons (Fsp3) is 0.455. The second kappa shape index (κ2) is 5.71. The number of thioether (sulfide) groups is 1. The first-order chi connectivity index (χ1) is 8.54. The fourth-order valence-corrected chi connectivity index (χ4v) is 2.00. The number of ether oxygens (including phenoxy) is 2. The van der Waals surface area contributed by atoms with Crippen LogP contribution in [0.3, 0.4) is 0 Å². The van der Waals surface area contributed by atoms with Crippen molar-refractivity contribution in [2.45, 2.75) is 12.1 Å². The van der Waals surface area contributed by atoms with Crippen molar-refractivity contribution in [2.75, 3.05) is 19.1 Å². The molecule has 100 valence electrons. The van der Waals surface area contributed by atoms with Crippen molar-refractivity contribution in [2.24, 2.45) is 0 Å². The first-order valence-corrected chi connectivity index (χ1v) is 6.33. The number of halogens is 3. The minimum Gasteiger partial charge on any atom is -0.454 e. The van der Waals surface area contributed by atoms with E-state index in [-0.39, 0.29) is 24.3 Å². The van der Waals surface area contributed by atoms with Crippen molar-refractivity contribution in [3.8, 4) is 11.5 Å². The Morgan fingerprint density at radius 2 is 2.00 bits per heavy atom. The lowest BCUT2D eigenvalue weighted by molar-refractivity contribution is -0.0327. The summed E-state index contributed by atoms with van der Waals surface area (Å²) in [5.74, 6) is 1.39. The number of fused-ring (bicyclic) bond motifs is 1. The number of benzene rings is 1. The van der Waals surface area contributed by atoms with E-state index in [9.17, 15) is 13.2 Å². The summed E-state index contributed by atoms with van der Waals surface area (Å²) in [6.45, 7) is 1.03. The monoisotopic (exact) mass is 279 g/mol. The quantitative estimate of drug-likeness (QED) is 0.840. The van der Waals surface area contributed by atoms with Crippen LogP contribution in [0, 0.1) is 0 Å². The number of rotatable bonds is 5. The lowest BCUT2D eigenvalue weighted by atomic mass is 10.2. The third kappa shape index (κ3) is 3.99. The maximum atomic E-state index is 11.9. The Morgan fingerprint density at radius 3 is 2.78 bits per heavy atom. The molecule has 0 saturated carbocycles. The maximum absolute atomic E-state index is 11.9. The minimum absolute atomic E-state index is 0.00799. The summed E-state index contributed by atoms with van der Waals surface area (Å²) in [4.78, 5) is 0. The molecule has 2 rings (SSSR count). The van der Waals surface area contributed by atoms with E-state index in [1.165, 1.54) is 0 Å². The van der Waals surface area contributed by atoms with Gasteiger partial charge in [-0.05, 0) is 29.5 Å². The van der Waals surface area contributed by atoms with Crippen molar-refractivity contribution in [3.05, 3.63) is 23.8 Å². The summed E-state index contributed by atoms with van der Waals surface area (Å²) in [6, 6.07) is 5.48. The third-order valence-electron chi connectivity index (χ3n) is 2.31. The molecule has 0 bridgehead atoms. The molecule has 1 N–H and O–H groups in total. The van der Waals surface area contributed by atoms with Gasteiger partial charge in [0.1, 0.15) is 0 Å². The van der Waals surface area contributed by atoms with Crippen LogP contribution in [0.2, 0.25) is 0 Å². The first kappa shape index (κ1) is 13.4. The van der Waals surface area contributed by atoms with E-state index in [1.54, 1.807) is 6.07 Å². The summed E-state index contributed by atoms with van der Waals surface area (Å²) >= 11 is -0.0184. The predicted octanol–water partition coefficient (Wildman–Crippen LogP) is 2.76. The van der Waals surface area contributed by atoms with Crippen molar-refractivity contribution in [1.29, 1.82) is 0 Å². The SMILES string of the molecule is FC(F)(F)SCCNCc1ccc2c(c1)OCO2. The molecule has 18 heavy (non-hydrogen) atoms. The molecule has 1 aromatic rings. The van der Waals surface area contributed by atoms with E-state index in [4.69, 9.17) is 9.47 Å². The molecule has 7 heteroatoms. The highest BCUT2D eigenvalue weighted by atomic mass is 32.2. The van der Waals surface area contributed by atoms with Gasteiger partial charge in [-0.2, -0.15) is 13.2 Å². The summed E-state index contributed by atoms with van der Waals surface area (Å²) < 4.78 is 46.0. The second-order valence-corrected chi connectivity index (χ2v) is 4.82. The fourth-order valence-electron chi connectivity index (χ4n) is 1.52. The molecule has 0 atom stereocenters. The van der Waals surface area contributed by atoms with Crippen LogP contribution in [0.1, 0.15) is 5.56 Å². The van der Waals surface area contributed by atoms with Gasteiger partial charge in [0, 0.05) is 18.8 Å². The van der Waals surface area contributed by atoms with Gasteiger partial charge in [0.05, 0.1) is 0 Å². The second-order valence-electron chi connectivity index (χ2n) is 3.66. The molecule has 1 heterocycles. The molecule has 0 spiro atoms. The van der Waals surface area contributed by atoms with Gasteiger partial charge in [-0.15, -0.1) is 0 Å². The molecule has 0 amide bonds. The zero-order chi connectivity index (χ0) is 13.0. The Hall–Kier alpha value is -1.08. The molecule has 0 saturated heterocycles. The lowest BCUT2D eigenvalue weighted by Crippen LogP contribution is -2.18. The molecule has 0 aromatic heterocycles. The van der Waals surface area contributed by atoms with E-state index < -0.39 is 5.51 Å². The molecule has 0 radical (unpaired) electrons. The average molecular weight is 279 g/mol.